The van der Waals surface area contributed by atoms with Gasteiger partial charge in [-0.2, -0.15) is 0 Å². The molecule has 1 aliphatic heterocycles. The molecule has 0 bridgehead atoms. The Morgan fingerprint density at radius 2 is 2.05 bits per heavy atom. The second-order valence-corrected chi connectivity index (χ2v) is 5.93. The number of pyridine rings is 1. The Morgan fingerprint density at radius 3 is 2.63 bits per heavy atom. The van der Waals surface area contributed by atoms with Crippen LogP contribution in [0.2, 0.25) is 0 Å². The number of nitrogens with zero attached hydrogens (tertiary/aromatic N) is 2. The molecule has 1 fully saturated rings. The van der Waals surface area contributed by atoms with Gasteiger partial charge in [-0.25, -0.2) is 9.78 Å². The second-order valence-electron chi connectivity index (χ2n) is 4.65. The van der Waals surface area contributed by atoms with Crippen molar-refractivity contribution in [2.24, 2.45) is 0 Å². The average Bonchev–Trinajstić information content (AvgIpc) is 2.70. The van der Waals surface area contributed by atoms with Crippen molar-refractivity contribution in [1.29, 1.82) is 0 Å². The Morgan fingerprint density at radius 1 is 1.32 bits per heavy atom. The topological polar surface area (TPSA) is 45.2 Å². The summed E-state index contributed by atoms with van der Waals surface area (Å²) in [6.45, 7) is 3.83. The lowest BCUT2D eigenvalue weighted by Gasteiger charge is -2.20. The van der Waals surface area contributed by atoms with Crippen molar-refractivity contribution in [3.8, 4) is 0 Å². The molecule has 0 spiro atoms. The lowest BCUT2D eigenvalue weighted by Crippen LogP contribution is -2.35. The maximum absolute atomic E-state index is 12.1. The van der Waals surface area contributed by atoms with E-state index in [4.69, 9.17) is 0 Å². The zero-order valence-corrected chi connectivity index (χ0v) is 12.2. The third-order valence-corrected chi connectivity index (χ3v) is 4.00. The van der Waals surface area contributed by atoms with E-state index in [2.05, 4.69) is 17.2 Å². The molecular weight excluding hydrogens is 258 g/mol. The molecule has 1 N–H and O–H groups in total. The zero-order valence-electron chi connectivity index (χ0n) is 11.4. The minimum atomic E-state index is -0.000375. The Kier molecular flexibility index (Phi) is 5.51. The molecule has 4 nitrogen and oxygen atoms in total. The number of nitrogens with one attached hydrogen (secondary N) is 1. The highest BCUT2D eigenvalue weighted by Gasteiger charge is 2.15. The van der Waals surface area contributed by atoms with E-state index < -0.39 is 0 Å². The van der Waals surface area contributed by atoms with Gasteiger partial charge in [-0.05, 0) is 30.7 Å². The predicted molar refractivity (Wildman–Crippen MR) is 79.7 cm³/mol. The molecule has 1 aliphatic rings. The van der Waals surface area contributed by atoms with E-state index in [-0.39, 0.29) is 6.03 Å². The summed E-state index contributed by atoms with van der Waals surface area (Å²) in [6, 6.07) is 3.87. The zero-order chi connectivity index (χ0) is 13.5. The Balaban J connectivity index is 1.90. The summed E-state index contributed by atoms with van der Waals surface area (Å²) in [4.78, 5) is 18.3. The summed E-state index contributed by atoms with van der Waals surface area (Å²) >= 11 is 1.70. The van der Waals surface area contributed by atoms with E-state index >= 15 is 0 Å². The molecule has 1 aromatic heterocycles. The van der Waals surface area contributed by atoms with Crippen LogP contribution in [0.4, 0.5) is 10.5 Å². The fraction of sp³-hybridized carbons (Fsp3) is 0.571. The standard InChI is InChI=1S/C14H21N3OS/c1-2-19-13-8-7-12(11-15-13)16-14(18)17-9-5-3-4-6-10-17/h7-8,11H,2-6,9-10H2,1H3,(H,16,18). The van der Waals surface area contributed by atoms with Gasteiger partial charge in [-0.15, -0.1) is 11.8 Å². The van der Waals surface area contributed by atoms with E-state index in [9.17, 15) is 4.79 Å². The number of amides is 2. The quantitative estimate of drug-likeness (QED) is 0.860. The molecule has 19 heavy (non-hydrogen) atoms. The Hall–Kier alpha value is -1.23. The van der Waals surface area contributed by atoms with E-state index in [1.165, 1.54) is 12.8 Å². The molecule has 0 aliphatic carbocycles. The minimum absolute atomic E-state index is 0.000375. The monoisotopic (exact) mass is 279 g/mol. The number of hydrogen-bond donors (Lipinski definition) is 1. The molecule has 2 rings (SSSR count). The third kappa shape index (κ3) is 4.42. The van der Waals surface area contributed by atoms with Gasteiger partial charge >= 0.3 is 6.03 Å². The van der Waals surface area contributed by atoms with E-state index in [1.54, 1.807) is 18.0 Å². The Bertz CT molecular complexity index is 400. The van der Waals surface area contributed by atoms with Crippen molar-refractivity contribution in [2.75, 3.05) is 24.2 Å². The lowest BCUT2D eigenvalue weighted by atomic mass is 10.2. The fourth-order valence-corrected chi connectivity index (χ4v) is 2.75. The highest BCUT2D eigenvalue weighted by Crippen LogP contribution is 2.17. The first-order valence-corrected chi connectivity index (χ1v) is 7.93. The molecule has 5 heteroatoms. The molecule has 0 radical (unpaired) electrons. The smallest absolute Gasteiger partial charge is 0.321 e. The summed E-state index contributed by atoms with van der Waals surface area (Å²) < 4.78 is 0. The summed E-state index contributed by atoms with van der Waals surface area (Å²) in [5, 5.41) is 3.92. The van der Waals surface area contributed by atoms with Gasteiger partial charge in [-0.1, -0.05) is 19.8 Å². The molecule has 0 saturated carbocycles. The summed E-state index contributed by atoms with van der Waals surface area (Å²) in [6.07, 6.45) is 6.41. The molecule has 0 aromatic carbocycles. The normalized spacial score (nSPS) is 15.9. The fourth-order valence-electron chi connectivity index (χ4n) is 2.16. The van der Waals surface area contributed by atoms with Gasteiger partial charge in [0.2, 0.25) is 0 Å². The number of likely N-dealkylation sites (tertiary alicyclic amines) is 1. The number of carbonyl (C=O) groups excluding carboxylic acids is 1. The molecule has 2 heterocycles. The number of urea groups is 1. The number of hydrogen-bond acceptors (Lipinski definition) is 3. The molecule has 1 aromatic rings. The summed E-state index contributed by atoms with van der Waals surface area (Å²) in [7, 11) is 0. The van der Waals surface area contributed by atoms with Crippen molar-refractivity contribution in [3.05, 3.63) is 18.3 Å². The van der Waals surface area contributed by atoms with Gasteiger partial charge in [0.05, 0.1) is 16.9 Å². The van der Waals surface area contributed by atoms with Crippen molar-refractivity contribution in [1.82, 2.24) is 9.88 Å². The highest BCUT2D eigenvalue weighted by atomic mass is 32.2. The van der Waals surface area contributed by atoms with Crippen LogP contribution in [-0.4, -0.2) is 34.8 Å². The van der Waals surface area contributed by atoms with Gasteiger partial charge in [-0.3, -0.25) is 0 Å². The third-order valence-electron chi connectivity index (χ3n) is 3.17. The van der Waals surface area contributed by atoms with Crippen molar-refractivity contribution >= 4 is 23.5 Å². The van der Waals surface area contributed by atoms with E-state index in [0.29, 0.717) is 0 Å². The second kappa shape index (κ2) is 7.38. The average molecular weight is 279 g/mol. The number of aromatic nitrogens is 1. The summed E-state index contributed by atoms with van der Waals surface area (Å²) in [5.41, 5.74) is 0.773. The largest absolute Gasteiger partial charge is 0.325 e. The highest BCUT2D eigenvalue weighted by molar-refractivity contribution is 7.99. The maximum Gasteiger partial charge on any atom is 0.321 e. The minimum Gasteiger partial charge on any atom is -0.325 e. The molecule has 2 amide bonds. The van der Waals surface area contributed by atoms with Gasteiger partial charge < -0.3 is 10.2 Å². The van der Waals surface area contributed by atoms with Crippen LogP contribution in [0.1, 0.15) is 32.6 Å². The predicted octanol–water partition coefficient (Wildman–Crippen LogP) is 3.60. The molecular formula is C14H21N3OS. The van der Waals surface area contributed by atoms with Crippen molar-refractivity contribution in [2.45, 2.75) is 37.6 Å². The van der Waals surface area contributed by atoms with Crippen LogP contribution in [0.25, 0.3) is 0 Å². The molecule has 0 atom stereocenters. The van der Waals surface area contributed by atoms with Crippen LogP contribution in [0.3, 0.4) is 0 Å². The van der Waals surface area contributed by atoms with Gasteiger partial charge in [0.1, 0.15) is 0 Å². The van der Waals surface area contributed by atoms with Crippen LogP contribution < -0.4 is 5.32 Å². The number of thioether (sulfide) groups is 1. The first-order valence-electron chi connectivity index (χ1n) is 6.94. The van der Waals surface area contributed by atoms with Crippen molar-refractivity contribution in [3.63, 3.8) is 0 Å². The van der Waals surface area contributed by atoms with Gasteiger partial charge in [0.15, 0.2) is 0 Å². The lowest BCUT2D eigenvalue weighted by molar-refractivity contribution is 0.214. The Labute approximate surface area is 119 Å². The van der Waals surface area contributed by atoms with E-state index in [0.717, 1.165) is 42.4 Å². The van der Waals surface area contributed by atoms with Crippen LogP contribution in [-0.2, 0) is 0 Å². The first kappa shape index (κ1) is 14.2. The molecule has 0 unspecified atom stereocenters. The van der Waals surface area contributed by atoms with Crippen LogP contribution in [0.15, 0.2) is 23.4 Å². The van der Waals surface area contributed by atoms with Gasteiger partial charge in [0.25, 0.3) is 0 Å². The number of anilines is 1. The van der Waals surface area contributed by atoms with Gasteiger partial charge in [0, 0.05) is 13.1 Å². The maximum atomic E-state index is 12.1. The van der Waals surface area contributed by atoms with Crippen LogP contribution in [0, 0.1) is 0 Å². The van der Waals surface area contributed by atoms with Crippen molar-refractivity contribution < 1.29 is 4.79 Å². The van der Waals surface area contributed by atoms with Crippen LogP contribution in [0.5, 0.6) is 0 Å². The van der Waals surface area contributed by atoms with Crippen LogP contribution >= 0.6 is 11.8 Å². The first-order chi connectivity index (χ1) is 9.29. The summed E-state index contributed by atoms with van der Waals surface area (Å²) in [5.74, 6) is 1.01. The molecule has 104 valence electrons. The number of carbonyl (C=O) groups is 1. The SMILES string of the molecule is CCSc1ccc(NC(=O)N2CCCCCC2)cn1. The molecule has 1 saturated heterocycles. The number of rotatable bonds is 3. The van der Waals surface area contributed by atoms with E-state index in [1.807, 2.05) is 17.0 Å².